The molecule has 2 aromatic carbocycles. The third-order valence-corrected chi connectivity index (χ3v) is 5.83. The largest absolute Gasteiger partial charge is 0.493 e. The van der Waals surface area contributed by atoms with Crippen LogP contribution in [-0.2, 0) is 0 Å². The van der Waals surface area contributed by atoms with Gasteiger partial charge < -0.3 is 14.8 Å². The molecule has 1 saturated heterocycles. The fourth-order valence-electron chi connectivity index (χ4n) is 3.95. The zero-order valence-electron chi connectivity index (χ0n) is 17.8. The van der Waals surface area contributed by atoms with Gasteiger partial charge in [-0.25, -0.2) is 0 Å². The van der Waals surface area contributed by atoms with Gasteiger partial charge in [-0.05, 0) is 49.7 Å². The highest BCUT2D eigenvalue weighted by atomic mass is 35.5. The van der Waals surface area contributed by atoms with Crippen LogP contribution in [0.3, 0.4) is 0 Å². The van der Waals surface area contributed by atoms with Crippen LogP contribution in [0.1, 0.15) is 35.4 Å². The van der Waals surface area contributed by atoms with E-state index in [1.165, 1.54) is 6.92 Å². The highest BCUT2D eigenvalue weighted by molar-refractivity contribution is 6.31. The second-order valence-corrected chi connectivity index (χ2v) is 8.17. The van der Waals surface area contributed by atoms with Crippen molar-refractivity contribution in [2.75, 3.05) is 39.9 Å². The lowest BCUT2D eigenvalue weighted by atomic mass is 10.1. The first-order valence-electron chi connectivity index (χ1n) is 10.5. The van der Waals surface area contributed by atoms with Crippen LogP contribution < -0.4 is 14.8 Å². The van der Waals surface area contributed by atoms with Crippen molar-refractivity contribution in [3.63, 3.8) is 0 Å². The predicted octanol–water partition coefficient (Wildman–Crippen LogP) is 3.84. The number of carbonyl (C=O) groups is 1. The van der Waals surface area contributed by atoms with Crippen molar-refractivity contribution >= 4 is 28.3 Å². The molecule has 164 valence electrons. The lowest BCUT2D eigenvalue weighted by molar-refractivity contribution is 0.101. The molecule has 1 aromatic heterocycles. The first-order chi connectivity index (χ1) is 15.0. The number of nitrogens with zero attached hydrogens (tertiary/aromatic N) is 2. The molecule has 0 amide bonds. The molecule has 1 fully saturated rings. The summed E-state index contributed by atoms with van der Waals surface area (Å²) >= 11 is 6.09. The van der Waals surface area contributed by atoms with Crippen molar-refractivity contribution in [1.82, 2.24) is 20.4 Å². The lowest BCUT2D eigenvalue weighted by Crippen LogP contribution is -2.46. The van der Waals surface area contributed by atoms with E-state index < -0.39 is 0 Å². The Balaban J connectivity index is 1.31. The number of ether oxygens (including phenoxy) is 2. The molecule has 1 atom stereocenters. The van der Waals surface area contributed by atoms with E-state index in [1.54, 1.807) is 25.3 Å². The molecule has 7 nitrogen and oxygen atoms in total. The molecule has 1 aliphatic heterocycles. The first-order valence-corrected chi connectivity index (χ1v) is 10.8. The number of aromatic nitrogens is 2. The lowest BCUT2D eigenvalue weighted by Gasteiger charge is -2.33. The number of piperazine rings is 1. The average Bonchev–Trinajstić information content (AvgIpc) is 3.20. The van der Waals surface area contributed by atoms with E-state index in [9.17, 15) is 4.79 Å². The number of fused-ring (bicyclic) bond motifs is 1. The summed E-state index contributed by atoms with van der Waals surface area (Å²) in [6.07, 6.45) is 0.890. The Morgan fingerprint density at radius 2 is 2.13 bits per heavy atom. The molecule has 0 spiro atoms. The fourth-order valence-corrected chi connectivity index (χ4v) is 4.12. The van der Waals surface area contributed by atoms with Crippen LogP contribution in [0, 0.1) is 0 Å². The normalized spacial score (nSPS) is 17.1. The first kappa shape index (κ1) is 21.6. The highest BCUT2D eigenvalue weighted by Gasteiger charge is 2.24. The van der Waals surface area contributed by atoms with Gasteiger partial charge in [-0.2, -0.15) is 5.10 Å². The van der Waals surface area contributed by atoms with E-state index in [-0.39, 0.29) is 11.8 Å². The third-order valence-electron chi connectivity index (χ3n) is 5.59. The maximum absolute atomic E-state index is 11.5. The molecule has 4 rings (SSSR count). The van der Waals surface area contributed by atoms with Crippen LogP contribution in [0.2, 0.25) is 5.02 Å². The van der Waals surface area contributed by atoms with E-state index >= 15 is 0 Å². The van der Waals surface area contributed by atoms with Gasteiger partial charge in [0.2, 0.25) is 0 Å². The van der Waals surface area contributed by atoms with E-state index in [1.807, 2.05) is 18.2 Å². The van der Waals surface area contributed by atoms with E-state index in [0.29, 0.717) is 28.7 Å². The Kier molecular flexibility index (Phi) is 6.75. The number of aromatic amines is 1. The van der Waals surface area contributed by atoms with Gasteiger partial charge in [-0.1, -0.05) is 11.6 Å². The number of ketones is 1. The predicted molar refractivity (Wildman–Crippen MR) is 121 cm³/mol. The highest BCUT2D eigenvalue weighted by Crippen LogP contribution is 2.29. The number of H-pyrrole nitrogens is 1. The zero-order chi connectivity index (χ0) is 21.8. The summed E-state index contributed by atoms with van der Waals surface area (Å²) in [4.78, 5) is 14.0. The number of hydrogen-bond donors (Lipinski definition) is 2. The van der Waals surface area contributed by atoms with Crippen LogP contribution >= 0.6 is 11.6 Å². The van der Waals surface area contributed by atoms with Crippen LogP contribution in [0.25, 0.3) is 10.9 Å². The Labute approximate surface area is 186 Å². The number of hydrogen-bond acceptors (Lipinski definition) is 6. The minimum atomic E-state index is 0.00546. The molecule has 31 heavy (non-hydrogen) atoms. The van der Waals surface area contributed by atoms with Crippen LogP contribution in [0.5, 0.6) is 11.5 Å². The summed E-state index contributed by atoms with van der Waals surface area (Å²) in [6.45, 7) is 5.83. The minimum absolute atomic E-state index is 0.00546. The van der Waals surface area contributed by atoms with Crippen LogP contribution in [0.15, 0.2) is 36.4 Å². The number of benzene rings is 2. The molecule has 3 aromatic rings. The summed E-state index contributed by atoms with van der Waals surface area (Å²) < 4.78 is 11.3. The molecule has 2 N–H and O–H groups in total. The number of Topliss-reactive ketones (excluding diaryl/α,β-unsaturated/α-hetero) is 1. The topological polar surface area (TPSA) is 79.5 Å². The summed E-state index contributed by atoms with van der Waals surface area (Å²) in [5.41, 5.74) is 2.60. The Hall–Kier alpha value is -2.61. The smallest absolute Gasteiger partial charge is 0.161 e. The zero-order valence-corrected chi connectivity index (χ0v) is 18.5. The van der Waals surface area contributed by atoms with Gasteiger partial charge in [0.1, 0.15) is 0 Å². The molecule has 0 aliphatic carbocycles. The Bertz CT molecular complexity index is 1070. The maximum atomic E-state index is 11.5. The summed E-state index contributed by atoms with van der Waals surface area (Å²) in [5, 5.41) is 13.0. The molecular formula is C23H27ClN4O3. The molecule has 1 aliphatic rings. The van der Waals surface area contributed by atoms with E-state index in [4.69, 9.17) is 21.1 Å². The number of methoxy groups -OCH3 is 1. The van der Waals surface area contributed by atoms with E-state index in [0.717, 1.165) is 49.2 Å². The molecule has 2 heterocycles. The summed E-state index contributed by atoms with van der Waals surface area (Å²) in [7, 11) is 1.58. The Morgan fingerprint density at radius 3 is 2.94 bits per heavy atom. The van der Waals surface area contributed by atoms with Crippen LogP contribution in [-0.4, -0.2) is 60.8 Å². The van der Waals surface area contributed by atoms with Gasteiger partial charge in [0.25, 0.3) is 0 Å². The van der Waals surface area contributed by atoms with Crippen molar-refractivity contribution < 1.29 is 14.3 Å². The molecule has 0 bridgehead atoms. The second-order valence-electron chi connectivity index (χ2n) is 7.73. The van der Waals surface area contributed by atoms with Crippen molar-refractivity contribution in [2.45, 2.75) is 19.4 Å². The molecule has 0 radical (unpaired) electrons. The fraction of sp³-hybridized carbons (Fsp3) is 0.391. The average molecular weight is 443 g/mol. The van der Waals surface area contributed by atoms with Gasteiger partial charge in [-0.3, -0.25) is 14.8 Å². The summed E-state index contributed by atoms with van der Waals surface area (Å²) in [5.74, 6) is 1.25. The second kappa shape index (κ2) is 9.68. The molecule has 1 unspecified atom stereocenters. The number of halogens is 1. The van der Waals surface area contributed by atoms with Gasteiger partial charge >= 0.3 is 0 Å². The van der Waals surface area contributed by atoms with Crippen molar-refractivity contribution in [3.05, 3.63) is 52.7 Å². The van der Waals surface area contributed by atoms with Gasteiger partial charge in [0.05, 0.1) is 31.0 Å². The van der Waals surface area contributed by atoms with Gasteiger partial charge in [0, 0.05) is 42.2 Å². The van der Waals surface area contributed by atoms with Crippen molar-refractivity contribution in [2.24, 2.45) is 0 Å². The van der Waals surface area contributed by atoms with Gasteiger partial charge in [-0.15, -0.1) is 0 Å². The number of rotatable bonds is 8. The monoisotopic (exact) mass is 442 g/mol. The Morgan fingerprint density at radius 1 is 1.26 bits per heavy atom. The molecule has 0 saturated carbocycles. The molecule has 8 heteroatoms. The quantitative estimate of drug-likeness (QED) is 0.407. The van der Waals surface area contributed by atoms with Crippen LogP contribution in [0.4, 0.5) is 0 Å². The standard InChI is InChI=1S/C23H27ClN4O3/c1-15(29)16-4-7-21(22(12-16)30-2)31-11-3-9-28-10-8-25-20(14-28)23-18-6-5-17(24)13-19(18)26-27-23/h4-7,12-13,20,25H,3,8-11,14H2,1-2H3,(H,26,27). The number of nitrogens with one attached hydrogen (secondary N) is 2. The number of carbonyl (C=O) groups excluding carboxylic acids is 1. The van der Waals surface area contributed by atoms with Crippen molar-refractivity contribution in [1.29, 1.82) is 0 Å². The SMILES string of the molecule is COc1cc(C(C)=O)ccc1OCCCN1CCNC(c2n[nH]c3cc(Cl)ccc23)C1. The van der Waals surface area contributed by atoms with E-state index in [2.05, 4.69) is 20.4 Å². The third kappa shape index (κ3) is 5.01. The molecular weight excluding hydrogens is 416 g/mol. The van der Waals surface area contributed by atoms with Gasteiger partial charge in [0.15, 0.2) is 17.3 Å². The maximum Gasteiger partial charge on any atom is 0.161 e. The van der Waals surface area contributed by atoms with Crippen molar-refractivity contribution in [3.8, 4) is 11.5 Å². The summed E-state index contributed by atoms with van der Waals surface area (Å²) in [6, 6.07) is 11.3. The minimum Gasteiger partial charge on any atom is -0.493 e.